The third-order valence-corrected chi connectivity index (χ3v) is 5.68. The first-order valence-electron chi connectivity index (χ1n) is 6.60. The Morgan fingerprint density at radius 2 is 1.67 bits per heavy atom. The molecule has 0 amide bonds. The van der Waals surface area contributed by atoms with Crippen LogP contribution in [0.1, 0.15) is 19.8 Å². The van der Waals surface area contributed by atoms with E-state index in [0.717, 1.165) is 39.0 Å². The Labute approximate surface area is 110 Å². The molecule has 2 rings (SSSR count). The van der Waals surface area contributed by atoms with E-state index in [1.807, 2.05) is 14.0 Å². The van der Waals surface area contributed by atoms with Crippen molar-refractivity contribution in [2.75, 3.05) is 46.3 Å². The first-order valence-corrected chi connectivity index (χ1v) is 8.04. The van der Waals surface area contributed by atoms with E-state index in [1.165, 1.54) is 0 Å². The Morgan fingerprint density at radius 3 is 2.22 bits per heavy atom. The highest BCUT2D eigenvalue weighted by Crippen LogP contribution is 2.19. The molecule has 0 aromatic rings. The largest absolute Gasteiger partial charge is 0.317 e. The van der Waals surface area contributed by atoms with Crippen LogP contribution in [0.4, 0.5) is 0 Å². The van der Waals surface area contributed by atoms with Crippen molar-refractivity contribution in [2.45, 2.75) is 25.3 Å². The van der Waals surface area contributed by atoms with Crippen molar-refractivity contribution in [3.63, 3.8) is 0 Å². The lowest BCUT2D eigenvalue weighted by molar-refractivity contribution is 0.215. The summed E-state index contributed by atoms with van der Waals surface area (Å²) in [6, 6.07) is 0. The predicted molar refractivity (Wildman–Crippen MR) is 71.6 cm³/mol. The van der Waals surface area contributed by atoms with Gasteiger partial charge in [0.05, 0.1) is 0 Å². The smallest absolute Gasteiger partial charge is 0.280 e. The highest BCUT2D eigenvalue weighted by atomic mass is 32.2. The second-order valence-corrected chi connectivity index (χ2v) is 7.29. The van der Waals surface area contributed by atoms with Gasteiger partial charge < -0.3 is 10.2 Å². The SMILES string of the molecule is CN1CCN(S(=O)(=O)NC2(C)CCNCC2)CC1. The number of piperidine rings is 1. The number of hydrogen-bond acceptors (Lipinski definition) is 4. The molecule has 0 radical (unpaired) electrons. The van der Waals surface area contributed by atoms with E-state index in [0.29, 0.717) is 13.1 Å². The Morgan fingerprint density at radius 1 is 1.11 bits per heavy atom. The second-order valence-electron chi connectivity index (χ2n) is 5.62. The van der Waals surface area contributed by atoms with Gasteiger partial charge in [-0.05, 0) is 39.9 Å². The molecule has 106 valence electrons. The van der Waals surface area contributed by atoms with Crippen LogP contribution in [-0.4, -0.2) is 69.5 Å². The summed E-state index contributed by atoms with van der Waals surface area (Å²) in [5.41, 5.74) is -0.298. The van der Waals surface area contributed by atoms with Crippen molar-refractivity contribution in [3.05, 3.63) is 0 Å². The molecule has 2 aliphatic heterocycles. The molecule has 0 unspecified atom stereocenters. The van der Waals surface area contributed by atoms with Crippen molar-refractivity contribution in [1.82, 2.24) is 19.2 Å². The van der Waals surface area contributed by atoms with Gasteiger partial charge in [0, 0.05) is 31.7 Å². The normalized spacial score (nSPS) is 27.2. The number of nitrogens with zero attached hydrogens (tertiary/aromatic N) is 2. The molecule has 2 saturated heterocycles. The molecule has 0 aliphatic carbocycles. The Balaban J connectivity index is 1.98. The Kier molecular flexibility index (Phi) is 4.28. The van der Waals surface area contributed by atoms with Crippen LogP contribution < -0.4 is 10.0 Å². The zero-order valence-electron chi connectivity index (χ0n) is 11.3. The molecule has 0 spiro atoms. The fourth-order valence-electron chi connectivity index (χ4n) is 2.49. The highest BCUT2D eigenvalue weighted by Gasteiger charge is 2.35. The van der Waals surface area contributed by atoms with Crippen LogP contribution in [0.2, 0.25) is 0 Å². The molecule has 18 heavy (non-hydrogen) atoms. The number of nitrogens with one attached hydrogen (secondary N) is 2. The summed E-state index contributed by atoms with van der Waals surface area (Å²) in [4.78, 5) is 2.15. The molecule has 0 saturated carbocycles. The molecular weight excluding hydrogens is 252 g/mol. The van der Waals surface area contributed by atoms with Crippen LogP contribution in [0.15, 0.2) is 0 Å². The minimum atomic E-state index is -3.34. The molecule has 2 aliphatic rings. The minimum absolute atomic E-state index is 0.298. The van der Waals surface area contributed by atoms with E-state index >= 15 is 0 Å². The average Bonchev–Trinajstić information content (AvgIpc) is 2.29. The van der Waals surface area contributed by atoms with E-state index in [4.69, 9.17) is 0 Å². The van der Waals surface area contributed by atoms with Gasteiger partial charge in [-0.1, -0.05) is 0 Å². The molecule has 0 aromatic heterocycles. The average molecular weight is 276 g/mol. The molecule has 0 atom stereocenters. The zero-order chi connectivity index (χ0) is 13.2. The monoisotopic (exact) mass is 276 g/mol. The molecule has 2 heterocycles. The fourth-order valence-corrected chi connectivity index (χ4v) is 4.08. The van der Waals surface area contributed by atoms with E-state index in [2.05, 4.69) is 14.9 Å². The van der Waals surface area contributed by atoms with Gasteiger partial charge in [-0.25, -0.2) is 0 Å². The molecule has 6 nitrogen and oxygen atoms in total. The summed E-state index contributed by atoms with van der Waals surface area (Å²) in [6.07, 6.45) is 1.69. The number of rotatable bonds is 3. The lowest BCUT2D eigenvalue weighted by Crippen LogP contribution is -2.58. The van der Waals surface area contributed by atoms with Gasteiger partial charge in [-0.15, -0.1) is 0 Å². The maximum absolute atomic E-state index is 12.3. The zero-order valence-corrected chi connectivity index (χ0v) is 12.1. The fraction of sp³-hybridized carbons (Fsp3) is 1.00. The van der Waals surface area contributed by atoms with Gasteiger partial charge >= 0.3 is 0 Å². The lowest BCUT2D eigenvalue weighted by atomic mass is 9.92. The number of hydrogen-bond donors (Lipinski definition) is 2. The third kappa shape index (κ3) is 3.42. The topological polar surface area (TPSA) is 64.7 Å². The molecule has 2 fully saturated rings. The van der Waals surface area contributed by atoms with Crippen LogP contribution in [0.5, 0.6) is 0 Å². The van der Waals surface area contributed by atoms with Gasteiger partial charge in [0.25, 0.3) is 10.2 Å². The van der Waals surface area contributed by atoms with Crippen molar-refractivity contribution in [1.29, 1.82) is 0 Å². The summed E-state index contributed by atoms with van der Waals surface area (Å²) >= 11 is 0. The van der Waals surface area contributed by atoms with Gasteiger partial charge in [0.2, 0.25) is 0 Å². The standard InChI is InChI=1S/C11H24N4O2S/c1-11(3-5-12-6-4-11)13-18(16,17)15-9-7-14(2)8-10-15/h12-13H,3-10H2,1-2H3. The minimum Gasteiger partial charge on any atom is -0.317 e. The Hall–Kier alpha value is -0.210. The van der Waals surface area contributed by atoms with Gasteiger partial charge in [0.1, 0.15) is 0 Å². The van der Waals surface area contributed by atoms with Gasteiger partial charge in [-0.3, -0.25) is 0 Å². The number of piperazine rings is 1. The summed E-state index contributed by atoms with van der Waals surface area (Å²) < 4.78 is 29.1. The number of likely N-dealkylation sites (N-methyl/N-ethyl adjacent to an activating group) is 1. The summed E-state index contributed by atoms with van der Waals surface area (Å²) in [5, 5.41) is 3.26. The van der Waals surface area contributed by atoms with Gasteiger partial charge in [-0.2, -0.15) is 17.4 Å². The van der Waals surface area contributed by atoms with E-state index in [-0.39, 0.29) is 5.54 Å². The van der Waals surface area contributed by atoms with E-state index in [9.17, 15) is 8.42 Å². The van der Waals surface area contributed by atoms with Crippen molar-refractivity contribution >= 4 is 10.2 Å². The van der Waals surface area contributed by atoms with Crippen LogP contribution >= 0.6 is 0 Å². The maximum Gasteiger partial charge on any atom is 0.280 e. The summed E-state index contributed by atoms with van der Waals surface area (Å²) in [5.74, 6) is 0. The molecule has 0 aromatic carbocycles. The Bertz CT molecular complexity index is 371. The first kappa shape index (κ1) is 14.2. The van der Waals surface area contributed by atoms with Crippen molar-refractivity contribution in [3.8, 4) is 0 Å². The second kappa shape index (κ2) is 5.42. The first-order chi connectivity index (χ1) is 8.41. The van der Waals surface area contributed by atoms with Crippen LogP contribution in [0.3, 0.4) is 0 Å². The highest BCUT2D eigenvalue weighted by molar-refractivity contribution is 7.87. The molecular formula is C11H24N4O2S. The summed E-state index contributed by atoms with van der Waals surface area (Å²) in [7, 11) is -1.32. The van der Waals surface area contributed by atoms with Crippen LogP contribution in [0.25, 0.3) is 0 Å². The lowest BCUT2D eigenvalue weighted by Gasteiger charge is -2.38. The maximum atomic E-state index is 12.3. The quantitative estimate of drug-likeness (QED) is 0.709. The van der Waals surface area contributed by atoms with Crippen LogP contribution in [0, 0.1) is 0 Å². The third-order valence-electron chi connectivity index (χ3n) is 3.88. The van der Waals surface area contributed by atoms with Gasteiger partial charge in [0.15, 0.2) is 0 Å². The van der Waals surface area contributed by atoms with Crippen LogP contribution in [-0.2, 0) is 10.2 Å². The van der Waals surface area contributed by atoms with Crippen molar-refractivity contribution < 1.29 is 8.42 Å². The molecule has 0 bridgehead atoms. The molecule has 2 N–H and O–H groups in total. The summed E-state index contributed by atoms with van der Waals surface area (Å²) in [6.45, 7) is 6.53. The van der Waals surface area contributed by atoms with E-state index in [1.54, 1.807) is 4.31 Å². The van der Waals surface area contributed by atoms with E-state index < -0.39 is 10.2 Å². The predicted octanol–water partition coefficient (Wildman–Crippen LogP) is -0.790. The van der Waals surface area contributed by atoms with Crippen molar-refractivity contribution in [2.24, 2.45) is 0 Å². The molecule has 7 heteroatoms.